The number of ether oxygens (including phenoxy) is 1. The van der Waals surface area contributed by atoms with Crippen LogP contribution in [0.3, 0.4) is 0 Å². The SMILES string of the molecule is Cc1ccc2c(C)c(CCC(=O)NCC3CCCO3)c(=O)oc2c1. The van der Waals surface area contributed by atoms with Gasteiger partial charge in [0.05, 0.1) is 6.10 Å². The van der Waals surface area contributed by atoms with Crippen molar-refractivity contribution in [1.29, 1.82) is 0 Å². The number of fused-ring (bicyclic) bond motifs is 1. The van der Waals surface area contributed by atoms with Gasteiger partial charge in [-0.25, -0.2) is 4.79 Å². The molecule has 2 aromatic rings. The molecule has 24 heavy (non-hydrogen) atoms. The van der Waals surface area contributed by atoms with E-state index >= 15 is 0 Å². The van der Waals surface area contributed by atoms with Crippen LogP contribution >= 0.6 is 0 Å². The van der Waals surface area contributed by atoms with Crippen molar-refractivity contribution in [3.63, 3.8) is 0 Å². The molecule has 0 saturated carbocycles. The molecule has 1 atom stereocenters. The van der Waals surface area contributed by atoms with E-state index in [0.717, 1.165) is 36.0 Å². The predicted molar refractivity (Wildman–Crippen MR) is 92.3 cm³/mol. The molecule has 1 aromatic carbocycles. The minimum atomic E-state index is -0.350. The van der Waals surface area contributed by atoms with E-state index < -0.39 is 0 Å². The van der Waals surface area contributed by atoms with Gasteiger partial charge in [0.1, 0.15) is 5.58 Å². The Hall–Kier alpha value is -2.14. The summed E-state index contributed by atoms with van der Waals surface area (Å²) in [7, 11) is 0. The Bertz CT molecular complexity index is 803. The van der Waals surface area contributed by atoms with Crippen molar-refractivity contribution in [3.8, 4) is 0 Å². The first kappa shape index (κ1) is 16.7. The molecule has 2 heterocycles. The highest BCUT2D eigenvalue weighted by atomic mass is 16.5. The normalized spacial score (nSPS) is 17.3. The lowest BCUT2D eigenvalue weighted by molar-refractivity contribution is -0.121. The Morgan fingerprint density at radius 2 is 2.17 bits per heavy atom. The number of aryl methyl sites for hydroxylation is 2. The van der Waals surface area contributed by atoms with Gasteiger partial charge in [0.15, 0.2) is 0 Å². The smallest absolute Gasteiger partial charge is 0.339 e. The second-order valence-electron chi connectivity index (χ2n) is 6.43. The van der Waals surface area contributed by atoms with Crippen LogP contribution in [0.4, 0.5) is 0 Å². The summed E-state index contributed by atoms with van der Waals surface area (Å²) in [5.41, 5.74) is 2.78. The average molecular weight is 329 g/mol. The number of carbonyl (C=O) groups excluding carboxylic acids is 1. The molecule has 1 aromatic heterocycles. The molecule has 1 aliphatic rings. The number of hydrogen-bond donors (Lipinski definition) is 1. The number of hydrogen-bond acceptors (Lipinski definition) is 4. The topological polar surface area (TPSA) is 68.5 Å². The molecule has 1 amide bonds. The molecule has 0 radical (unpaired) electrons. The van der Waals surface area contributed by atoms with E-state index in [-0.39, 0.29) is 24.1 Å². The van der Waals surface area contributed by atoms with E-state index in [1.54, 1.807) is 0 Å². The summed E-state index contributed by atoms with van der Waals surface area (Å²) in [6.45, 7) is 5.19. The third-order valence-electron chi connectivity index (χ3n) is 4.60. The first-order chi connectivity index (χ1) is 11.5. The van der Waals surface area contributed by atoms with Crippen LogP contribution in [0.25, 0.3) is 11.0 Å². The van der Waals surface area contributed by atoms with Gasteiger partial charge >= 0.3 is 5.63 Å². The Kier molecular flexibility index (Phi) is 5.00. The predicted octanol–water partition coefficient (Wildman–Crippen LogP) is 2.64. The highest BCUT2D eigenvalue weighted by molar-refractivity contribution is 5.82. The van der Waals surface area contributed by atoms with E-state index in [4.69, 9.17) is 9.15 Å². The highest BCUT2D eigenvalue weighted by Crippen LogP contribution is 2.21. The van der Waals surface area contributed by atoms with Crippen LogP contribution in [0.1, 0.15) is 36.0 Å². The van der Waals surface area contributed by atoms with Crippen molar-refractivity contribution in [2.24, 2.45) is 0 Å². The zero-order valence-corrected chi connectivity index (χ0v) is 14.2. The summed E-state index contributed by atoms with van der Waals surface area (Å²) >= 11 is 0. The van der Waals surface area contributed by atoms with Crippen molar-refractivity contribution >= 4 is 16.9 Å². The van der Waals surface area contributed by atoms with Crippen LogP contribution < -0.4 is 10.9 Å². The Morgan fingerprint density at radius 3 is 2.92 bits per heavy atom. The number of rotatable bonds is 5. The molecule has 1 aliphatic heterocycles. The molecule has 5 nitrogen and oxygen atoms in total. The maximum absolute atomic E-state index is 12.2. The van der Waals surface area contributed by atoms with Gasteiger partial charge in [0.2, 0.25) is 5.91 Å². The van der Waals surface area contributed by atoms with Gasteiger partial charge < -0.3 is 14.5 Å². The van der Waals surface area contributed by atoms with Gasteiger partial charge in [0.25, 0.3) is 0 Å². The standard InChI is InChI=1S/C19H23NO4/c1-12-5-6-15-13(2)16(19(22)24-17(15)10-12)7-8-18(21)20-11-14-4-3-9-23-14/h5-6,10,14H,3-4,7-9,11H2,1-2H3,(H,20,21). The van der Waals surface area contributed by atoms with E-state index in [1.807, 2.05) is 32.0 Å². The Balaban J connectivity index is 1.67. The van der Waals surface area contributed by atoms with Crippen LogP contribution in [-0.2, 0) is 16.0 Å². The second kappa shape index (κ2) is 7.18. The number of carbonyl (C=O) groups is 1. The zero-order valence-electron chi connectivity index (χ0n) is 14.2. The maximum atomic E-state index is 12.2. The Labute approximate surface area is 141 Å². The van der Waals surface area contributed by atoms with E-state index in [0.29, 0.717) is 24.1 Å². The molecule has 1 saturated heterocycles. The van der Waals surface area contributed by atoms with E-state index in [1.165, 1.54) is 0 Å². The molecular weight excluding hydrogens is 306 g/mol. The zero-order chi connectivity index (χ0) is 17.1. The fraction of sp³-hybridized carbons (Fsp3) is 0.474. The second-order valence-corrected chi connectivity index (χ2v) is 6.43. The van der Waals surface area contributed by atoms with Gasteiger partial charge in [-0.15, -0.1) is 0 Å². The van der Waals surface area contributed by atoms with Crippen molar-refractivity contribution in [2.75, 3.05) is 13.2 Å². The lowest BCUT2D eigenvalue weighted by Crippen LogP contribution is -2.32. The van der Waals surface area contributed by atoms with E-state index in [2.05, 4.69) is 5.32 Å². The summed E-state index contributed by atoms with van der Waals surface area (Å²) < 4.78 is 10.9. The lowest BCUT2D eigenvalue weighted by atomic mass is 10.0. The molecule has 128 valence electrons. The first-order valence-electron chi connectivity index (χ1n) is 8.46. The van der Waals surface area contributed by atoms with Crippen LogP contribution in [0, 0.1) is 13.8 Å². The number of amides is 1. The van der Waals surface area contributed by atoms with Gasteiger partial charge in [-0.3, -0.25) is 4.79 Å². The number of nitrogens with one attached hydrogen (secondary N) is 1. The summed E-state index contributed by atoms with van der Waals surface area (Å²) in [5, 5.41) is 3.81. The van der Waals surface area contributed by atoms with Crippen molar-refractivity contribution < 1.29 is 13.9 Å². The molecule has 0 aliphatic carbocycles. The highest BCUT2D eigenvalue weighted by Gasteiger charge is 2.17. The lowest BCUT2D eigenvalue weighted by Gasteiger charge is -2.11. The van der Waals surface area contributed by atoms with Gasteiger partial charge in [-0.2, -0.15) is 0 Å². The van der Waals surface area contributed by atoms with Crippen molar-refractivity contribution in [2.45, 2.75) is 45.6 Å². The van der Waals surface area contributed by atoms with Crippen molar-refractivity contribution in [1.82, 2.24) is 5.32 Å². The molecule has 0 spiro atoms. The molecule has 5 heteroatoms. The summed E-state index contributed by atoms with van der Waals surface area (Å²) in [5.74, 6) is -0.0618. The van der Waals surface area contributed by atoms with Gasteiger partial charge in [-0.1, -0.05) is 12.1 Å². The quantitative estimate of drug-likeness (QED) is 0.856. The van der Waals surface area contributed by atoms with Gasteiger partial charge in [-0.05, 0) is 50.3 Å². The van der Waals surface area contributed by atoms with Crippen LogP contribution in [0.2, 0.25) is 0 Å². The largest absolute Gasteiger partial charge is 0.423 e. The fourth-order valence-electron chi connectivity index (χ4n) is 3.15. The van der Waals surface area contributed by atoms with Crippen LogP contribution in [0.5, 0.6) is 0 Å². The van der Waals surface area contributed by atoms with E-state index in [9.17, 15) is 9.59 Å². The number of benzene rings is 1. The third-order valence-corrected chi connectivity index (χ3v) is 4.60. The average Bonchev–Trinajstić information content (AvgIpc) is 3.05. The monoisotopic (exact) mass is 329 g/mol. The molecule has 0 bridgehead atoms. The molecule has 1 unspecified atom stereocenters. The van der Waals surface area contributed by atoms with Crippen LogP contribution in [0.15, 0.2) is 27.4 Å². The maximum Gasteiger partial charge on any atom is 0.339 e. The molecular formula is C19H23NO4. The van der Waals surface area contributed by atoms with Crippen molar-refractivity contribution in [3.05, 3.63) is 45.3 Å². The third kappa shape index (κ3) is 3.67. The summed E-state index contributed by atoms with van der Waals surface area (Å²) in [4.78, 5) is 24.2. The van der Waals surface area contributed by atoms with Gasteiger partial charge in [0, 0.05) is 30.5 Å². The first-order valence-corrected chi connectivity index (χ1v) is 8.46. The fourth-order valence-corrected chi connectivity index (χ4v) is 3.15. The molecule has 1 fully saturated rings. The summed E-state index contributed by atoms with van der Waals surface area (Å²) in [6, 6.07) is 5.82. The molecule has 1 N–H and O–H groups in total. The summed E-state index contributed by atoms with van der Waals surface area (Å²) in [6.07, 6.45) is 2.83. The van der Waals surface area contributed by atoms with Crippen LogP contribution in [-0.4, -0.2) is 25.2 Å². The minimum Gasteiger partial charge on any atom is -0.423 e. The molecule has 3 rings (SSSR count). The Morgan fingerprint density at radius 1 is 1.33 bits per heavy atom. The minimum absolute atomic E-state index is 0.0618.